The first-order valence-electron chi connectivity index (χ1n) is 9.55. The zero-order valence-electron chi connectivity index (χ0n) is 16.5. The molecule has 0 radical (unpaired) electrons. The van der Waals surface area contributed by atoms with Crippen molar-refractivity contribution in [1.82, 2.24) is 15.0 Å². The van der Waals surface area contributed by atoms with Gasteiger partial charge in [0.25, 0.3) is 5.56 Å². The van der Waals surface area contributed by atoms with Crippen molar-refractivity contribution < 1.29 is 9.53 Å². The molecule has 2 aromatic carbocycles. The highest BCUT2D eigenvalue weighted by Gasteiger charge is 2.21. The molecule has 30 heavy (non-hydrogen) atoms. The van der Waals surface area contributed by atoms with E-state index in [1.54, 1.807) is 31.2 Å². The maximum absolute atomic E-state index is 13.0. The Bertz CT molecular complexity index is 1250. The van der Waals surface area contributed by atoms with Gasteiger partial charge in [0.15, 0.2) is 4.83 Å². The predicted octanol–water partition coefficient (Wildman–Crippen LogP) is 4.12. The molecule has 152 valence electrons. The highest BCUT2D eigenvalue weighted by Crippen LogP contribution is 2.30. The van der Waals surface area contributed by atoms with Crippen LogP contribution in [0.4, 0.5) is 5.69 Å². The van der Waals surface area contributed by atoms with Gasteiger partial charge < -0.3 is 10.1 Å². The van der Waals surface area contributed by atoms with Gasteiger partial charge in [0, 0.05) is 4.88 Å². The molecule has 7 nitrogen and oxygen atoms in total. The quantitative estimate of drug-likeness (QED) is 0.507. The number of para-hydroxylation sites is 2. The highest BCUT2D eigenvalue weighted by molar-refractivity contribution is 7.21. The SMILES string of the molecule is CCOc1ccccc1NC(=O)[C@H](C)n1nnc2sc(-c3ccccc3)cc2c1=O. The Hall–Kier alpha value is -3.52. The average Bonchev–Trinajstić information content (AvgIpc) is 3.21. The van der Waals surface area contributed by atoms with Gasteiger partial charge in [-0.25, -0.2) is 0 Å². The van der Waals surface area contributed by atoms with E-state index in [9.17, 15) is 9.59 Å². The smallest absolute Gasteiger partial charge is 0.279 e. The molecule has 4 aromatic rings. The fraction of sp³-hybridized carbons (Fsp3) is 0.182. The molecule has 1 atom stereocenters. The van der Waals surface area contributed by atoms with E-state index in [0.717, 1.165) is 15.1 Å². The van der Waals surface area contributed by atoms with Crippen molar-refractivity contribution in [3.05, 3.63) is 71.0 Å². The third-order valence-electron chi connectivity index (χ3n) is 4.63. The summed E-state index contributed by atoms with van der Waals surface area (Å²) in [4.78, 5) is 27.3. The van der Waals surface area contributed by atoms with Crippen molar-refractivity contribution in [3.8, 4) is 16.2 Å². The second kappa shape index (κ2) is 8.46. The van der Waals surface area contributed by atoms with Crippen LogP contribution in [0.3, 0.4) is 0 Å². The summed E-state index contributed by atoms with van der Waals surface area (Å²) in [6, 6.07) is 17.9. The zero-order valence-corrected chi connectivity index (χ0v) is 17.3. The van der Waals surface area contributed by atoms with E-state index in [1.165, 1.54) is 11.3 Å². The number of carbonyl (C=O) groups is 1. The molecular weight excluding hydrogens is 400 g/mol. The van der Waals surface area contributed by atoms with E-state index >= 15 is 0 Å². The summed E-state index contributed by atoms with van der Waals surface area (Å²) in [5.74, 6) is 0.191. The van der Waals surface area contributed by atoms with E-state index in [2.05, 4.69) is 15.6 Å². The number of fused-ring (bicyclic) bond motifs is 1. The van der Waals surface area contributed by atoms with Crippen molar-refractivity contribution in [2.45, 2.75) is 19.9 Å². The first-order valence-corrected chi connectivity index (χ1v) is 10.4. The van der Waals surface area contributed by atoms with Gasteiger partial charge in [-0.3, -0.25) is 9.59 Å². The van der Waals surface area contributed by atoms with Crippen LogP contribution in [0.15, 0.2) is 65.5 Å². The fourth-order valence-corrected chi connectivity index (χ4v) is 4.03. The average molecular weight is 420 g/mol. The summed E-state index contributed by atoms with van der Waals surface area (Å²) < 4.78 is 6.65. The van der Waals surface area contributed by atoms with Crippen LogP contribution < -0.4 is 15.6 Å². The maximum Gasteiger partial charge on any atom is 0.279 e. The molecule has 0 aliphatic heterocycles. The molecule has 0 spiro atoms. The lowest BCUT2D eigenvalue weighted by Gasteiger charge is -2.15. The number of anilines is 1. The number of rotatable bonds is 6. The number of thiophene rings is 1. The molecule has 1 amide bonds. The summed E-state index contributed by atoms with van der Waals surface area (Å²) in [6.07, 6.45) is 0. The predicted molar refractivity (Wildman–Crippen MR) is 118 cm³/mol. The Kier molecular flexibility index (Phi) is 5.58. The lowest BCUT2D eigenvalue weighted by Crippen LogP contribution is -2.34. The van der Waals surface area contributed by atoms with Gasteiger partial charge in [0.2, 0.25) is 5.91 Å². The topological polar surface area (TPSA) is 86.1 Å². The van der Waals surface area contributed by atoms with Crippen LogP contribution in [-0.2, 0) is 4.79 Å². The highest BCUT2D eigenvalue weighted by atomic mass is 32.1. The molecule has 0 aliphatic rings. The molecule has 4 rings (SSSR count). The van der Waals surface area contributed by atoms with Crippen molar-refractivity contribution in [3.63, 3.8) is 0 Å². The first-order chi connectivity index (χ1) is 14.6. The Morgan fingerprint density at radius 2 is 1.90 bits per heavy atom. The van der Waals surface area contributed by atoms with Crippen LogP contribution in [-0.4, -0.2) is 27.5 Å². The summed E-state index contributed by atoms with van der Waals surface area (Å²) in [5, 5.41) is 11.4. The third kappa shape index (κ3) is 3.81. The summed E-state index contributed by atoms with van der Waals surface area (Å²) >= 11 is 1.40. The number of aromatic nitrogens is 3. The molecule has 0 fully saturated rings. The van der Waals surface area contributed by atoms with Crippen LogP contribution >= 0.6 is 11.3 Å². The van der Waals surface area contributed by atoms with E-state index in [0.29, 0.717) is 28.3 Å². The fourth-order valence-electron chi connectivity index (χ4n) is 3.06. The van der Waals surface area contributed by atoms with Crippen LogP contribution in [0.5, 0.6) is 5.75 Å². The number of carbonyl (C=O) groups excluding carboxylic acids is 1. The van der Waals surface area contributed by atoms with Gasteiger partial charge in [0.1, 0.15) is 11.8 Å². The maximum atomic E-state index is 13.0. The van der Waals surface area contributed by atoms with Crippen molar-refractivity contribution in [1.29, 1.82) is 0 Å². The third-order valence-corrected chi connectivity index (χ3v) is 5.70. The molecule has 0 saturated heterocycles. The number of amides is 1. The second-order valence-corrected chi connectivity index (χ2v) is 7.66. The normalized spacial score (nSPS) is 11.9. The monoisotopic (exact) mass is 420 g/mol. The number of nitrogens with zero attached hydrogens (tertiary/aromatic N) is 3. The number of ether oxygens (including phenoxy) is 1. The number of benzene rings is 2. The van der Waals surface area contributed by atoms with Crippen LogP contribution in [0.2, 0.25) is 0 Å². The molecule has 2 heterocycles. The van der Waals surface area contributed by atoms with Crippen LogP contribution in [0.1, 0.15) is 19.9 Å². The summed E-state index contributed by atoms with van der Waals surface area (Å²) in [6.45, 7) is 3.97. The van der Waals surface area contributed by atoms with Crippen molar-refractivity contribution in [2.24, 2.45) is 0 Å². The molecule has 1 N–H and O–H groups in total. The van der Waals surface area contributed by atoms with Gasteiger partial charge in [0.05, 0.1) is 17.7 Å². The summed E-state index contributed by atoms with van der Waals surface area (Å²) in [7, 11) is 0. The molecule has 0 unspecified atom stereocenters. The second-order valence-electron chi connectivity index (χ2n) is 6.63. The van der Waals surface area contributed by atoms with E-state index < -0.39 is 6.04 Å². The molecule has 8 heteroatoms. The van der Waals surface area contributed by atoms with Gasteiger partial charge in [-0.2, -0.15) is 4.68 Å². The Labute approximate surface area is 176 Å². The number of nitrogens with one attached hydrogen (secondary N) is 1. The Morgan fingerprint density at radius 1 is 1.17 bits per heavy atom. The minimum absolute atomic E-state index is 0.348. The zero-order chi connectivity index (χ0) is 21.1. The van der Waals surface area contributed by atoms with Crippen LogP contribution in [0.25, 0.3) is 20.7 Å². The van der Waals surface area contributed by atoms with Crippen molar-refractivity contribution in [2.75, 3.05) is 11.9 Å². The Balaban J connectivity index is 1.63. The molecule has 0 bridgehead atoms. The molecule has 0 aliphatic carbocycles. The lowest BCUT2D eigenvalue weighted by atomic mass is 10.2. The molecule has 0 saturated carbocycles. The van der Waals surface area contributed by atoms with E-state index in [4.69, 9.17) is 4.74 Å². The largest absolute Gasteiger partial charge is 0.492 e. The minimum Gasteiger partial charge on any atom is -0.492 e. The first kappa shape index (κ1) is 19.8. The standard InChI is InChI=1S/C22H20N4O3S/c1-3-29-18-12-8-7-11-17(18)23-20(27)14(2)26-22(28)16-13-19(30-21(16)24-25-26)15-9-5-4-6-10-15/h4-14H,3H2,1-2H3,(H,23,27)/t14-/m0/s1. The van der Waals surface area contributed by atoms with Gasteiger partial charge in [-0.15, -0.1) is 16.4 Å². The van der Waals surface area contributed by atoms with E-state index in [1.807, 2.05) is 43.3 Å². The van der Waals surface area contributed by atoms with Gasteiger partial charge in [-0.1, -0.05) is 47.7 Å². The number of hydrogen-bond donors (Lipinski definition) is 1. The minimum atomic E-state index is -0.843. The Morgan fingerprint density at radius 3 is 2.67 bits per heavy atom. The summed E-state index contributed by atoms with van der Waals surface area (Å²) in [5.41, 5.74) is 1.20. The van der Waals surface area contributed by atoms with E-state index in [-0.39, 0.29) is 11.5 Å². The van der Waals surface area contributed by atoms with Gasteiger partial charge in [-0.05, 0) is 37.6 Å². The lowest BCUT2D eigenvalue weighted by molar-refractivity contribution is -0.119. The molecular formula is C22H20N4O3S. The van der Waals surface area contributed by atoms with Crippen LogP contribution in [0, 0.1) is 0 Å². The number of hydrogen-bond acceptors (Lipinski definition) is 6. The van der Waals surface area contributed by atoms with Crippen molar-refractivity contribution >= 4 is 33.1 Å². The molecule has 2 aromatic heterocycles. The van der Waals surface area contributed by atoms with Gasteiger partial charge >= 0.3 is 0 Å².